The van der Waals surface area contributed by atoms with Gasteiger partial charge < -0.3 is 5.11 Å². The van der Waals surface area contributed by atoms with Gasteiger partial charge in [-0.15, -0.1) is 23.1 Å². The summed E-state index contributed by atoms with van der Waals surface area (Å²) in [6.45, 7) is 2.06. The van der Waals surface area contributed by atoms with E-state index in [-0.39, 0.29) is 5.37 Å². The number of nitrogens with one attached hydrogen (secondary N) is 1. The monoisotopic (exact) mass is 321 g/mol. The number of rotatable bonds is 2. The van der Waals surface area contributed by atoms with E-state index in [1.165, 1.54) is 9.75 Å². The van der Waals surface area contributed by atoms with Crippen LogP contribution in [0.2, 0.25) is 0 Å². The normalized spacial score (nSPS) is 25.6. The molecule has 1 saturated heterocycles. The molecule has 6 heteroatoms. The van der Waals surface area contributed by atoms with Gasteiger partial charge in [0.15, 0.2) is 0 Å². The number of carboxylic acid groups (broad SMARTS) is 1. The molecule has 0 bridgehead atoms. The smallest absolute Gasteiger partial charge is 0.320 e. The Balaban J connectivity index is 2.12. The Bertz CT molecular complexity index is 388. The van der Waals surface area contributed by atoms with Crippen molar-refractivity contribution in [3.63, 3.8) is 0 Å². The highest BCUT2D eigenvalue weighted by Gasteiger charge is 2.28. The molecule has 1 fully saturated rings. The number of carboxylic acids is 1. The molecule has 0 saturated carbocycles. The van der Waals surface area contributed by atoms with Crippen LogP contribution in [0.1, 0.15) is 21.5 Å². The molecule has 1 aliphatic heterocycles. The van der Waals surface area contributed by atoms with Crippen molar-refractivity contribution < 1.29 is 9.90 Å². The average Bonchev–Trinajstić information content (AvgIpc) is 2.59. The van der Waals surface area contributed by atoms with Crippen LogP contribution in [-0.4, -0.2) is 22.9 Å². The van der Waals surface area contributed by atoms with Crippen molar-refractivity contribution in [2.75, 3.05) is 5.75 Å². The van der Waals surface area contributed by atoms with Crippen LogP contribution in [0.5, 0.6) is 0 Å². The lowest BCUT2D eigenvalue weighted by Gasteiger charge is -2.27. The summed E-state index contributed by atoms with van der Waals surface area (Å²) in [5.41, 5.74) is 0. The van der Waals surface area contributed by atoms with Gasteiger partial charge >= 0.3 is 5.97 Å². The molecule has 1 aromatic rings. The summed E-state index contributed by atoms with van der Waals surface area (Å²) in [7, 11) is 0. The fourth-order valence-electron chi connectivity index (χ4n) is 1.59. The summed E-state index contributed by atoms with van der Waals surface area (Å²) < 4.78 is 1.10. The third kappa shape index (κ3) is 2.61. The van der Waals surface area contributed by atoms with Crippen LogP contribution in [0.15, 0.2) is 10.5 Å². The van der Waals surface area contributed by atoms with Gasteiger partial charge in [0.05, 0.1) is 5.37 Å². The highest BCUT2D eigenvalue weighted by molar-refractivity contribution is 9.10. The van der Waals surface area contributed by atoms with Gasteiger partial charge in [-0.3, -0.25) is 10.1 Å². The first-order chi connectivity index (χ1) is 7.58. The molecule has 0 amide bonds. The quantitative estimate of drug-likeness (QED) is 0.879. The molecule has 0 radical (unpaired) electrons. The second kappa shape index (κ2) is 5.08. The third-order valence-electron chi connectivity index (χ3n) is 2.48. The van der Waals surface area contributed by atoms with Crippen molar-refractivity contribution in [3.8, 4) is 0 Å². The first kappa shape index (κ1) is 12.4. The van der Waals surface area contributed by atoms with Gasteiger partial charge in [-0.25, -0.2) is 0 Å². The van der Waals surface area contributed by atoms with Gasteiger partial charge in [-0.2, -0.15) is 0 Å². The van der Waals surface area contributed by atoms with Crippen LogP contribution in [0, 0.1) is 6.92 Å². The maximum atomic E-state index is 10.9. The zero-order chi connectivity index (χ0) is 11.7. The zero-order valence-corrected chi connectivity index (χ0v) is 11.9. The molecule has 16 heavy (non-hydrogen) atoms. The van der Waals surface area contributed by atoms with Crippen LogP contribution < -0.4 is 5.32 Å². The van der Waals surface area contributed by atoms with E-state index in [0.717, 1.165) is 10.2 Å². The number of hydrogen-bond acceptors (Lipinski definition) is 4. The second-order valence-corrected chi connectivity index (χ2v) is 7.01. The Labute approximate surface area is 111 Å². The molecular formula is C10H12BrNO2S2. The van der Waals surface area contributed by atoms with Crippen molar-refractivity contribution >= 4 is 45.0 Å². The maximum Gasteiger partial charge on any atom is 0.320 e. The highest BCUT2D eigenvalue weighted by atomic mass is 79.9. The van der Waals surface area contributed by atoms with Gasteiger partial charge in [-0.1, -0.05) is 0 Å². The van der Waals surface area contributed by atoms with Crippen LogP contribution in [-0.2, 0) is 4.79 Å². The van der Waals surface area contributed by atoms with E-state index in [1.807, 2.05) is 0 Å². The molecule has 2 unspecified atom stereocenters. The number of carbonyl (C=O) groups is 1. The fourth-order valence-corrected chi connectivity index (χ4v) is 4.54. The standard InChI is InChI=1S/C10H12BrNO2S2/c1-5-6(11)4-8(16-5)9-12-7(10(13)14)2-3-15-9/h4,7,9,12H,2-3H2,1H3,(H,13,14). The van der Waals surface area contributed by atoms with Crippen LogP contribution in [0.3, 0.4) is 0 Å². The summed E-state index contributed by atoms with van der Waals surface area (Å²) in [5.74, 6) is 0.140. The topological polar surface area (TPSA) is 49.3 Å². The van der Waals surface area contributed by atoms with Gasteiger partial charge in [0, 0.05) is 14.2 Å². The molecule has 2 atom stereocenters. The summed E-state index contributed by atoms with van der Waals surface area (Å²) >= 11 is 6.97. The van der Waals surface area contributed by atoms with Gasteiger partial charge in [0.1, 0.15) is 6.04 Å². The molecule has 1 aromatic heterocycles. The van der Waals surface area contributed by atoms with Crippen molar-refractivity contribution in [2.24, 2.45) is 0 Å². The molecule has 88 valence electrons. The molecule has 2 N–H and O–H groups in total. The second-order valence-electron chi connectivity index (χ2n) is 3.65. The van der Waals surface area contributed by atoms with Gasteiger partial charge in [0.25, 0.3) is 0 Å². The van der Waals surface area contributed by atoms with E-state index in [2.05, 4.69) is 34.2 Å². The third-order valence-corrected chi connectivity index (χ3v) is 6.02. The zero-order valence-electron chi connectivity index (χ0n) is 8.70. The number of hydrogen-bond donors (Lipinski definition) is 2. The van der Waals surface area contributed by atoms with E-state index in [0.29, 0.717) is 6.42 Å². The molecule has 3 nitrogen and oxygen atoms in total. The van der Waals surface area contributed by atoms with Crippen molar-refractivity contribution in [3.05, 3.63) is 20.3 Å². The van der Waals surface area contributed by atoms with Gasteiger partial charge in [0.2, 0.25) is 0 Å². The fraction of sp³-hybridized carbons (Fsp3) is 0.500. The number of thiophene rings is 1. The molecule has 0 aromatic carbocycles. The Morgan fingerprint density at radius 2 is 2.44 bits per heavy atom. The Hall–Kier alpha value is -0.0400. The van der Waals surface area contributed by atoms with Crippen molar-refractivity contribution in [1.29, 1.82) is 0 Å². The number of aryl methyl sites for hydroxylation is 1. The molecule has 2 rings (SSSR count). The summed E-state index contributed by atoms with van der Waals surface area (Å²) in [5, 5.41) is 12.3. The predicted molar refractivity (Wildman–Crippen MR) is 71.1 cm³/mol. The number of aliphatic carboxylic acids is 1. The lowest BCUT2D eigenvalue weighted by atomic mass is 10.2. The van der Waals surface area contributed by atoms with Crippen molar-refractivity contribution in [2.45, 2.75) is 24.8 Å². The summed E-state index contributed by atoms with van der Waals surface area (Å²) in [4.78, 5) is 13.4. The van der Waals surface area contributed by atoms with E-state index in [9.17, 15) is 4.79 Å². The Morgan fingerprint density at radius 3 is 3.00 bits per heavy atom. The van der Waals surface area contributed by atoms with E-state index in [1.54, 1.807) is 23.1 Å². The lowest BCUT2D eigenvalue weighted by Crippen LogP contribution is -2.41. The first-order valence-electron chi connectivity index (χ1n) is 4.94. The van der Waals surface area contributed by atoms with Crippen LogP contribution >= 0.6 is 39.0 Å². The van der Waals surface area contributed by atoms with Crippen molar-refractivity contribution in [1.82, 2.24) is 5.32 Å². The van der Waals surface area contributed by atoms with E-state index >= 15 is 0 Å². The van der Waals surface area contributed by atoms with E-state index < -0.39 is 12.0 Å². The average molecular weight is 322 g/mol. The number of halogens is 1. The van der Waals surface area contributed by atoms with Gasteiger partial charge in [-0.05, 0) is 41.1 Å². The summed E-state index contributed by atoms with van der Waals surface area (Å²) in [6.07, 6.45) is 0.696. The minimum Gasteiger partial charge on any atom is -0.480 e. The van der Waals surface area contributed by atoms with E-state index in [4.69, 9.17) is 5.11 Å². The Morgan fingerprint density at radius 1 is 1.69 bits per heavy atom. The number of thioether (sulfide) groups is 1. The maximum absolute atomic E-state index is 10.9. The van der Waals surface area contributed by atoms with Crippen LogP contribution in [0.4, 0.5) is 0 Å². The molecular weight excluding hydrogens is 310 g/mol. The minimum atomic E-state index is -0.752. The Kier molecular flexibility index (Phi) is 3.94. The van der Waals surface area contributed by atoms with Crippen LogP contribution in [0.25, 0.3) is 0 Å². The molecule has 0 spiro atoms. The summed E-state index contributed by atoms with van der Waals surface area (Å²) in [6, 6.07) is 1.67. The lowest BCUT2D eigenvalue weighted by molar-refractivity contribution is -0.139. The molecule has 1 aliphatic rings. The highest BCUT2D eigenvalue weighted by Crippen LogP contribution is 2.38. The predicted octanol–water partition coefficient (Wildman–Crippen LogP) is 3.00. The molecule has 2 heterocycles. The first-order valence-corrected chi connectivity index (χ1v) is 7.60. The minimum absolute atomic E-state index is 0.116. The largest absolute Gasteiger partial charge is 0.480 e. The SMILES string of the molecule is Cc1sc(C2NC(C(=O)O)CCS2)cc1Br. The molecule has 0 aliphatic carbocycles.